The molecule has 3 heteroatoms. The summed E-state index contributed by atoms with van der Waals surface area (Å²) >= 11 is 0. The zero-order valence-electron chi connectivity index (χ0n) is 14.8. The summed E-state index contributed by atoms with van der Waals surface area (Å²) in [4.78, 5) is 7.02. The fraction of sp³-hybridized carbons (Fsp3) is 0.381. The van der Waals surface area contributed by atoms with Gasteiger partial charge in [-0.05, 0) is 61.4 Å². The second kappa shape index (κ2) is 8.11. The number of nitrogens with one attached hydrogen (secondary N) is 1. The van der Waals surface area contributed by atoms with Crippen LogP contribution in [0.5, 0.6) is 0 Å². The van der Waals surface area contributed by atoms with Crippen molar-refractivity contribution in [2.45, 2.75) is 26.7 Å². The Kier molecular flexibility index (Phi) is 5.65. The maximum Gasteiger partial charge on any atom is 0.0729 e. The zero-order valence-corrected chi connectivity index (χ0v) is 14.8. The third-order valence-electron chi connectivity index (χ3n) is 4.72. The topological polar surface area (TPSA) is 28.2 Å². The van der Waals surface area contributed by atoms with Crippen molar-refractivity contribution >= 4 is 27.4 Å². The Morgan fingerprint density at radius 1 is 0.958 bits per heavy atom. The van der Waals surface area contributed by atoms with Crippen LogP contribution in [-0.4, -0.2) is 36.1 Å². The number of anilines is 1. The molecule has 126 valence electrons. The minimum atomic E-state index is 1.01. The Labute approximate surface area is 144 Å². The van der Waals surface area contributed by atoms with E-state index in [1.54, 1.807) is 0 Å². The Hall–Kier alpha value is -2.13. The van der Waals surface area contributed by atoms with Gasteiger partial charge in [-0.25, -0.2) is 0 Å². The number of fused-ring (bicyclic) bond motifs is 2. The SMILES string of the molecule is CCN(CC)CCCCNc1ccnc2cc3ccccc3cc12. The van der Waals surface area contributed by atoms with E-state index in [2.05, 4.69) is 71.5 Å². The van der Waals surface area contributed by atoms with Crippen LogP contribution in [0.4, 0.5) is 5.69 Å². The predicted octanol–water partition coefficient (Wildman–Crippen LogP) is 4.92. The highest BCUT2D eigenvalue weighted by Gasteiger charge is 2.04. The number of aromatic nitrogens is 1. The van der Waals surface area contributed by atoms with E-state index in [1.165, 1.54) is 41.2 Å². The number of pyridine rings is 1. The van der Waals surface area contributed by atoms with Gasteiger partial charge in [-0.1, -0.05) is 38.1 Å². The van der Waals surface area contributed by atoms with Crippen LogP contribution in [0.3, 0.4) is 0 Å². The van der Waals surface area contributed by atoms with Crippen molar-refractivity contribution in [2.24, 2.45) is 0 Å². The molecule has 1 heterocycles. The lowest BCUT2D eigenvalue weighted by Crippen LogP contribution is -2.24. The Bertz CT molecular complexity index is 793. The van der Waals surface area contributed by atoms with Crippen molar-refractivity contribution in [1.29, 1.82) is 0 Å². The van der Waals surface area contributed by atoms with Gasteiger partial charge in [0.25, 0.3) is 0 Å². The summed E-state index contributed by atoms with van der Waals surface area (Å²) in [5.41, 5.74) is 2.25. The lowest BCUT2D eigenvalue weighted by molar-refractivity contribution is 0.298. The molecule has 0 aliphatic carbocycles. The van der Waals surface area contributed by atoms with Crippen LogP contribution in [0.25, 0.3) is 21.7 Å². The van der Waals surface area contributed by atoms with E-state index in [4.69, 9.17) is 0 Å². The Balaban J connectivity index is 1.67. The molecule has 0 unspecified atom stereocenters. The number of hydrogen-bond donors (Lipinski definition) is 1. The Morgan fingerprint density at radius 2 is 1.71 bits per heavy atom. The van der Waals surface area contributed by atoms with E-state index in [0.29, 0.717) is 0 Å². The third-order valence-corrected chi connectivity index (χ3v) is 4.72. The van der Waals surface area contributed by atoms with Gasteiger partial charge in [-0.15, -0.1) is 0 Å². The van der Waals surface area contributed by atoms with Crippen molar-refractivity contribution in [3.05, 3.63) is 48.7 Å². The molecule has 3 nitrogen and oxygen atoms in total. The van der Waals surface area contributed by atoms with Gasteiger partial charge in [0, 0.05) is 23.8 Å². The lowest BCUT2D eigenvalue weighted by atomic mass is 10.1. The van der Waals surface area contributed by atoms with Crippen molar-refractivity contribution in [2.75, 3.05) is 31.5 Å². The van der Waals surface area contributed by atoms with Crippen LogP contribution >= 0.6 is 0 Å². The molecule has 0 atom stereocenters. The molecule has 2 aromatic carbocycles. The fourth-order valence-electron chi connectivity index (χ4n) is 3.21. The van der Waals surface area contributed by atoms with Crippen molar-refractivity contribution in [3.8, 4) is 0 Å². The van der Waals surface area contributed by atoms with E-state index in [9.17, 15) is 0 Å². The minimum absolute atomic E-state index is 1.01. The maximum absolute atomic E-state index is 4.54. The van der Waals surface area contributed by atoms with Gasteiger partial charge in [0.05, 0.1) is 5.52 Å². The molecule has 0 amide bonds. The van der Waals surface area contributed by atoms with Gasteiger partial charge in [0.2, 0.25) is 0 Å². The standard InChI is InChI=1S/C21H27N3/c1-3-24(4-2)14-8-7-12-22-20-11-13-23-21-16-18-10-6-5-9-17(18)15-19(20)21/h5-6,9-11,13,15-16H,3-4,7-8,12,14H2,1-2H3,(H,22,23). The monoisotopic (exact) mass is 321 g/mol. The highest BCUT2D eigenvalue weighted by Crippen LogP contribution is 2.26. The fourth-order valence-corrected chi connectivity index (χ4v) is 3.21. The average molecular weight is 321 g/mol. The third kappa shape index (κ3) is 3.85. The minimum Gasteiger partial charge on any atom is -0.384 e. The van der Waals surface area contributed by atoms with Crippen LogP contribution in [0.2, 0.25) is 0 Å². The number of nitrogens with zero attached hydrogens (tertiary/aromatic N) is 2. The number of hydrogen-bond acceptors (Lipinski definition) is 3. The summed E-state index contributed by atoms with van der Waals surface area (Å²) in [7, 11) is 0. The molecule has 3 rings (SSSR count). The quantitative estimate of drug-likeness (QED) is 0.471. The lowest BCUT2D eigenvalue weighted by Gasteiger charge is -2.17. The highest BCUT2D eigenvalue weighted by atomic mass is 15.1. The zero-order chi connectivity index (χ0) is 16.8. The Morgan fingerprint density at radius 3 is 2.46 bits per heavy atom. The summed E-state index contributed by atoms with van der Waals surface area (Å²) in [6.45, 7) is 8.95. The van der Waals surface area contributed by atoms with Crippen LogP contribution in [0, 0.1) is 0 Å². The molecule has 0 fully saturated rings. The van der Waals surface area contributed by atoms with E-state index in [0.717, 1.165) is 25.2 Å². The molecule has 0 aliphatic heterocycles. The second-order valence-corrected chi connectivity index (χ2v) is 6.24. The molecule has 1 aromatic heterocycles. The first-order valence-corrected chi connectivity index (χ1v) is 9.05. The number of benzene rings is 2. The first-order chi connectivity index (χ1) is 11.8. The molecule has 1 N–H and O–H groups in total. The second-order valence-electron chi connectivity index (χ2n) is 6.24. The molecule has 0 aliphatic rings. The normalized spacial score (nSPS) is 11.5. The molecular weight excluding hydrogens is 294 g/mol. The van der Waals surface area contributed by atoms with E-state index in [-0.39, 0.29) is 0 Å². The van der Waals surface area contributed by atoms with Crippen LogP contribution < -0.4 is 5.32 Å². The van der Waals surface area contributed by atoms with Crippen LogP contribution in [-0.2, 0) is 0 Å². The summed E-state index contributed by atoms with van der Waals surface area (Å²) in [6.07, 6.45) is 4.32. The van der Waals surface area contributed by atoms with E-state index >= 15 is 0 Å². The van der Waals surface area contributed by atoms with Crippen molar-refractivity contribution < 1.29 is 0 Å². The van der Waals surface area contributed by atoms with Gasteiger partial charge < -0.3 is 10.2 Å². The van der Waals surface area contributed by atoms with Crippen molar-refractivity contribution in [1.82, 2.24) is 9.88 Å². The molecule has 0 radical (unpaired) electrons. The summed E-state index contributed by atoms with van der Waals surface area (Å²) in [5, 5.41) is 7.32. The number of unbranched alkanes of at least 4 members (excludes halogenated alkanes) is 1. The molecule has 3 aromatic rings. The van der Waals surface area contributed by atoms with Gasteiger partial charge >= 0.3 is 0 Å². The van der Waals surface area contributed by atoms with E-state index in [1.807, 2.05) is 6.20 Å². The smallest absolute Gasteiger partial charge is 0.0729 e. The first-order valence-electron chi connectivity index (χ1n) is 9.05. The maximum atomic E-state index is 4.54. The highest BCUT2D eigenvalue weighted by molar-refractivity contribution is 6.01. The van der Waals surface area contributed by atoms with Crippen LogP contribution in [0.1, 0.15) is 26.7 Å². The average Bonchev–Trinajstić information content (AvgIpc) is 2.63. The molecule has 0 saturated carbocycles. The summed E-state index contributed by atoms with van der Waals surface area (Å²) < 4.78 is 0. The predicted molar refractivity (Wildman–Crippen MR) is 105 cm³/mol. The molecule has 0 bridgehead atoms. The molecule has 0 saturated heterocycles. The first kappa shape index (κ1) is 16.7. The number of rotatable bonds is 8. The van der Waals surface area contributed by atoms with Gasteiger partial charge in [0.1, 0.15) is 0 Å². The summed E-state index contributed by atoms with van der Waals surface area (Å²) in [6, 6.07) is 15.0. The van der Waals surface area contributed by atoms with E-state index < -0.39 is 0 Å². The summed E-state index contributed by atoms with van der Waals surface area (Å²) in [5.74, 6) is 0. The van der Waals surface area contributed by atoms with Gasteiger partial charge in [0.15, 0.2) is 0 Å². The largest absolute Gasteiger partial charge is 0.384 e. The molecule has 24 heavy (non-hydrogen) atoms. The van der Waals surface area contributed by atoms with Gasteiger partial charge in [-0.2, -0.15) is 0 Å². The van der Waals surface area contributed by atoms with Gasteiger partial charge in [-0.3, -0.25) is 4.98 Å². The molecular formula is C21H27N3. The van der Waals surface area contributed by atoms with Crippen molar-refractivity contribution in [3.63, 3.8) is 0 Å². The molecule has 0 spiro atoms. The van der Waals surface area contributed by atoms with Crippen LogP contribution in [0.15, 0.2) is 48.7 Å².